The standard InChI is InChI=1S/C28H29N3O3/c1-6-34-28(32)25-27(31(16-29-25)17(2)3)20-13-19-14-21(33-5)11-12-23(19)26-18(4)22-9-7-8-10-24(22)30(26)15-20/h7-14,16-17H,6,15H2,1-5H3. The molecule has 2 aromatic heterocycles. The normalized spacial score (nSPS) is 12.8. The molecule has 174 valence electrons. The number of ether oxygens (including phenoxy) is 2. The number of rotatable bonds is 5. The Labute approximate surface area is 199 Å². The van der Waals surface area contributed by atoms with Gasteiger partial charge >= 0.3 is 5.97 Å². The number of aromatic nitrogens is 3. The number of fused-ring (bicyclic) bond motifs is 5. The van der Waals surface area contributed by atoms with Gasteiger partial charge in [-0.05, 0) is 74.7 Å². The number of benzene rings is 2. The molecule has 0 saturated heterocycles. The van der Waals surface area contributed by atoms with Crippen molar-refractivity contribution >= 4 is 28.5 Å². The Bertz CT molecular complexity index is 1440. The number of aryl methyl sites for hydroxylation is 1. The molecule has 0 amide bonds. The summed E-state index contributed by atoms with van der Waals surface area (Å²) in [6, 6.07) is 14.8. The van der Waals surface area contributed by atoms with Gasteiger partial charge in [-0.15, -0.1) is 0 Å². The fourth-order valence-corrected chi connectivity index (χ4v) is 4.96. The van der Waals surface area contributed by atoms with Crippen LogP contribution in [0.5, 0.6) is 5.75 Å². The molecule has 0 radical (unpaired) electrons. The molecule has 4 aromatic rings. The lowest BCUT2D eigenvalue weighted by atomic mass is 9.99. The highest BCUT2D eigenvalue weighted by atomic mass is 16.5. The van der Waals surface area contributed by atoms with Crippen LogP contribution in [0.15, 0.2) is 48.8 Å². The molecule has 0 saturated carbocycles. The van der Waals surface area contributed by atoms with Crippen molar-refractivity contribution in [3.05, 3.63) is 71.3 Å². The Morgan fingerprint density at radius 1 is 1.15 bits per heavy atom. The summed E-state index contributed by atoms with van der Waals surface area (Å²) in [5, 5.41) is 1.23. The molecule has 5 rings (SSSR count). The van der Waals surface area contributed by atoms with Gasteiger partial charge in [0, 0.05) is 22.5 Å². The number of hydrogen-bond donors (Lipinski definition) is 0. The van der Waals surface area contributed by atoms with Crippen LogP contribution in [-0.4, -0.2) is 33.8 Å². The number of hydrogen-bond acceptors (Lipinski definition) is 4. The maximum atomic E-state index is 12.9. The van der Waals surface area contributed by atoms with Crippen LogP contribution in [0.4, 0.5) is 0 Å². The molecule has 0 atom stereocenters. The Morgan fingerprint density at radius 2 is 1.94 bits per heavy atom. The molecule has 3 heterocycles. The van der Waals surface area contributed by atoms with E-state index in [9.17, 15) is 4.79 Å². The van der Waals surface area contributed by atoms with Crippen LogP contribution < -0.4 is 4.74 Å². The van der Waals surface area contributed by atoms with Crippen molar-refractivity contribution in [3.8, 4) is 17.0 Å². The molecule has 0 aliphatic carbocycles. The van der Waals surface area contributed by atoms with E-state index < -0.39 is 5.97 Å². The summed E-state index contributed by atoms with van der Waals surface area (Å²) < 4.78 is 15.3. The van der Waals surface area contributed by atoms with Gasteiger partial charge in [-0.3, -0.25) is 0 Å². The summed E-state index contributed by atoms with van der Waals surface area (Å²) >= 11 is 0. The Hall–Kier alpha value is -3.80. The average Bonchev–Trinajstić information content (AvgIpc) is 3.34. The van der Waals surface area contributed by atoms with Gasteiger partial charge in [-0.2, -0.15) is 0 Å². The van der Waals surface area contributed by atoms with Gasteiger partial charge in [-0.25, -0.2) is 9.78 Å². The lowest BCUT2D eigenvalue weighted by Gasteiger charge is -2.17. The Kier molecular flexibility index (Phi) is 5.52. The summed E-state index contributed by atoms with van der Waals surface area (Å²) in [6.07, 6.45) is 3.90. The zero-order valence-corrected chi connectivity index (χ0v) is 20.3. The summed E-state index contributed by atoms with van der Waals surface area (Å²) in [5.74, 6) is 0.390. The van der Waals surface area contributed by atoms with E-state index in [1.54, 1.807) is 13.4 Å². The molecule has 2 aromatic carbocycles. The highest BCUT2D eigenvalue weighted by molar-refractivity contribution is 6.00. The maximum Gasteiger partial charge on any atom is 0.359 e. The van der Waals surface area contributed by atoms with Crippen LogP contribution in [0.25, 0.3) is 33.8 Å². The first-order chi connectivity index (χ1) is 16.4. The van der Waals surface area contributed by atoms with E-state index in [4.69, 9.17) is 9.47 Å². The highest BCUT2D eigenvalue weighted by Crippen LogP contribution is 2.42. The third-order valence-corrected chi connectivity index (χ3v) is 6.52. The van der Waals surface area contributed by atoms with E-state index in [1.807, 2.05) is 13.0 Å². The second-order valence-corrected chi connectivity index (χ2v) is 8.86. The van der Waals surface area contributed by atoms with Crippen LogP contribution >= 0.6 is 0 Å². The number of esters is 1. The third-order valence-electron chi connectivity index (χ3n) is 6.52. The molecule has 0 fully saturated rings. The van der Waals surface area contributed by atoms with Gasteiger partial charge in [0.2, 0.25) is 0 Å². The van der Waals surface area contributed by atoms with Gasteiger partial charge in [0.15, 0.2) is 5.69 Å². The molecule has 34 heavy (non-hydrogen) atoms. The molecule has 1 aliphatic rings. The zero-order valence-electron chi connectivity index (χ0n) is 20.3. The fraction of sp³-hybridized carbons (Fsp3) is 0.286. The summed E-state index contributed by atoms with van der Waals surface area (Å²) in [5.41, 5.74) is 7.91. The van der Waals surface area contributed by atoms with Crippen molar-refractivity contribution in [2.45, 2.75) is 40.3 Å². The lowest BCUT2D eigenvalue weighted by molar-refractivity contribution is 0.0519. The van der Waals surface area contributed by atoms with Crippen molar-refractivity contribution in [2.75, 3.05) is 13.7 Å². The van der Waals surface area contributed by atoms with E-state index in [-0.39, 0.29) is 6.04 Å². The Balaban J connectivity index is 1.83. The Morgan fingerprint density at radius 3 is 2.68 bits per heavy atom. The van der Waals surface area contributed by atoms with E-state index >= 15 is 0 Å². The minimum absolute atomic E-state index is 0.127. The average molecular weight is 456 g/mol. The number of carbonyl (C=O) groups is 1. The van der Waals surface area contributed by atoms with Crippen LogP contribution in [0.1, 0.15) is 54.1 Å². The number of nitrogens with zero attached hydrogens (tertiary/aromatic N) is 3. The third kappa shape index (κ3) is 3.41. The van der Waals surface area contributed by atoms with Crippen LogP contribution in [0.2, 0.25) is 0 Å². The fourth-order valence-electron chi connectivity index (χ4n) is 4.96. The van der Waals surface area contributed by atoms with E-state index in [2.05, 4.69) is 77.4 Å². The molecule has 1 aliphatic heterocycles. The molecule has 0 bridgehead atoms. The maximum absolute atomic E-state index is 12.9. The minimum Gasteiger partial charge on any atom is -0.497 e. The number of allylic oxidation sites excluding steroid dienone is 1. The van der Waals surface area contributed by atoms with Gasteiger partial charge in [0.05, 0.1) is 38.0 Å². The second kappa shape index (κ2) is 8.52. The van der Waals surface area contributed by atoms with E-state index in [1.165, 1.54) is 16.6 Å². The SMILES string of the molecule is CCOC(=O)c1ncn(C(C)C)c1C1=Cc2cc(OC)ccc2-c2c(C)c3ccccc3n2C1. The topological polar surface area (TPSA) is 58.3 Å². The zero-order chi connectivity index (χ0) is 24.0. The molecular formula is C28H29N3O3. The van der Waals surface area contributed by atoms with Crippen LogP contribution in [0, 0.1) is 6.92 Å². The first-order valence-corrected chi connectivity index (χ1v) is 11.7. The van der Waals surface area contributed by atoms with Gasteiger partial charge < -0.3 is 18.6 Å². The predicted molar refractivity (Wildman–Crippen MR) is 135 cm³/mol. The highest BCUT2D eigenvalue weighted by Gasteiger charge is 2.28. The van der Waals surface area contributed by atoms with E-state index in [0.29, 0.717) is 18.8 Å². The molecule has 6 nitrogen and oxygen atoms in total. The summed E-state index contributed by atoms with van der Waals surface area (Å²) in [6.45, 7) is 9.08. The molecule has 0 unspecified atom stereocenters. The van der Waals surface area contributed by atoms with Gasteiger partial charge in [0.1, 0.15) is 5.75 Å². The van der Waals surface area contributed by atoms with Gasteiger partial charge in [0.25, 0.3) is 0 Å². The predicted octanol–water partition coefficient (Wildman–Crippen LogP) is 6.13. The molecule has 0 spiro atoms. The second-order valence-electron chi connectivity index (χ2n) is 8.86. The molecule has 0 N–H and O–H groups in total. The lowest BCUT2D eigenvalue weighted by Crippen LogP contribution is -2.13. The number of methoxy groups -OCH3 is 1. The smallest absolute Gasteiger partial charge is 0.359 e. The largest absolute Gasteiger partial charge is 0.497 e. The first-order valence-electron chi connectivity index (χ1n) is 11.7. The first kappa shape index (κ1) is 22.0. The molecule has 6 heteroatoms. The summed E-state index contributed by atoms with van der Waals surface area (Å²) in [7, 11) is 1.68. The van der Waals surface area contributed by atoms with Crippen molar-refractivity contribution < 1.29 is 14.3 Å². The van der Waals surface area contributed by atoms with Crippen molar-refractivity contribution in [3.63, 3.8) is 0 Å². The van der Waals surface area contributed by atoms with Gasteiger partial charge in [-0.1, -0.05) is 18.2 Å². The minimum atomic E-state index is -0.401. The quantitative estimate of drug-likeness (QED) is 0.340. The number of para-hydroxylation sites is 1. The number of imidazole rings is 1. The van der Waals surface area contributed by atoms with E-state index in [0.717, 1.165) is 33.7 Å². The van der Waals surface area contributed by atoms with Crippen molar-refractivity contribution in [1.82, 2.24) is 14.1 Å². The summed E-state index contributed by atoms with van der Waals surface area (Å²) in [4.78, 5) is 17.4. The van der Waals surface area contributed by atoms with Crippen LogP contribution in [-0.2, 0) is 11.3 Å². The van der Waals surface area contributed by atoms with Crippen LogP contribution in [0.3, 0.4) is 0 Å². The number of carbonyl (C=O) groups excluding carboxylic acids is 1. The monoisotopic (exact) mass is 455 g/mol. The van der Waals surface area contributed by atoms with Crippen molar-refractivity contribution in [2.24, 2.45) is 0 Å². The molecular weight excluding hydrogens is 426 g/mol. The van der Waals surface area contributed by atoms with Crippen molar-refractivity contribution in [1.29, 1.82) is 0 Å².